The lowest BCUT2D eigenvalue weighted by Crippen LogP contribution is -2.29. The summed E-state index contributed by atoms with van der Waals surface area (Å²) in [6.07, 6.45) is 5.84. The van der Waals surface area contributed by atoms with Crippen LogP contribution >= 0.6 is 0 Å². The Hall–Kier alpha value is -0.760. The van der Waals surface area contributed by atoms with Gasteiger partial charge in [-0.3, -0.25) is 0 Å². The van der Waals surface area contributed by atoms with E-state index in [4.69, 9.17) is 0 Å². The standard InChI is InChI=1S/C7H8N2/c1-2-8-9-6(1)3-5-4-7(5)9/h3-4,6,8H,1-2H2. The Morgan fingerprint density at radius 3 is 3.56 bits per heavy atom. The third-order valence-corrected chi connectivity index (χ3v) is 2.19. The van der Waals surface area contributed by atoms with Crippen molar-refractivity contribution in [1.82, 2.24) is 10.4 Å². The fourth-order valence-corrected chi connectivity index (χ4v) is 1.66. The topological polar surface area (TPSA) is 15.3 Å². The molecular weight excluding hydrogens is 112 g/mol. The fourth-order valence-electron chi connectivity index (χ4n) is 1.66. The highest BCUT2D eigenvalue weighted by atomic mass is 15.6. The van der Waals surface area contributed by atoms with Crippen molar-refractivity contribution in [1.29, 1.82) is 0 Å². The molecule has 0 aromatic carbocycles. The maximum atomic E-state index is 3.32. The van der Waals surface area contributed by atoms with Crippen molar-refractivity contribution in [3.63, 3.8) is 0 Å². The summed E-state index contributed by atoms with van der Waals surface area (Å²) in [7, 11) is 0. The lowest BCUT2D eigenvalue weighted by Gasteiger charge is -2.15. The van der Waals surface area contributed by atoms with E-state index in [2.05, 4.69) is 22.6 Å². The summed E-state index contributed by atoms with van der Waals surface area (Å²) in [6.45, 7) is 1.14. The van der Waals surface area contributed by atoms with Crippen molar-refractivity contribution in [2.45, 2.75) is 12.5 Å². The van der Waals surface area contributed by atoms with Crippen LogP contribution in [0, 0.1) is 0 Å². The van der Waals surface area contributed by atoms with Gasteiger partial charge in [-0.05, 0) is 18.1 Å². The molecule has 0 amide bonds. The highest BCUT2D eigenvalue weighted by Gasteiger charge is 2.38. The molecule has 0 aromatic heterocycles. The molecule has 0 radical (unpaired) electrons. The first kappa shape index (κ1) is 4.12. The van der Waals surface area contributed by atoms with Crippen LogP contribution in [0.15, 0.2) is 23.4 Å². The molecule has 0 spiro atoms. The molecule has 0 bridgehead atoms. The van der Waals surface area contributed by atoms with E-state index in [0.717, 1.165) is 6.54 Å². The van der Waals surface area contributed by atoms with Crippen molar-refractivity contribution in [2.24, 2.45) is 0 Å². The Bertz CT molecular complexity index is 227. The number of fused-ring (bicyclic) bond motifs is 3. The normalized spacial score (nSPS) is 35.6. The lowest BCUT2D eigenvalue weighted by molar-refractivity contribution is 0.311. The monoisotopic (exact) mass is 120 g/mol. The van der Waals surface area contributed by atoms with Crippen LogP contribution in [0.3, 0.4) is 0 Å². The molecule has 2 aliphatic heterocycles. The van der Waals surface area contributed by atoms with Crippen LogP contribution in [0.25, 0.3) is 0 Å². The molecule has 1 N–H and O–H groups in total. The van der Waals surface area contributed by atoms with Crippen LogP contribution in [-0.4, -0.2) is 17.6 Å². The molecule has 1 unspecified atom stereocenters. The molecule has 3 rings (SSSR count). The molecule has 1 atom stereocenters. The number of nitrogens with zero attached hydrogens (tertiary/aromatic N) is 1. The van der Waals surface area contributed by atoms with E-state index in [0.29, 0.717) is 6.04 Å². The van der Waals surface area contributed by atoms with Gasteiger partial charge in [-0.2, -0.15) is 0 Å². The van der Waals surface area contributed by atoms with E-state index in [9.17, 15) is 0 Å². The van der Waals surface area contributed by atoms with Gasteiger partial charge in [0.05, 0.1) is 11.7 Å². The van der Waals surface area contributed by atoms with Gasteiger partial charge < -0.3 is 5.01 Å². The Morgan fingerprint density at radius 2 is 2.67 bits per heavy atom. The van der Waals surface area contributed by atoms with Crippen molar-refractivity contribution in [3.8, 4) is 0 Å². The molecule has 0 saturated carbocycles. The second-order valence-electron chi connectivity index (χ2n) is 2.79. The fraction of sp³-hybridized carbons (Fsp3) is 0.429. The van der Waals surface area contributed by atoms with Gasteiger partial charge in [-0.25, -0.2) is 5.43 Å². The van der Waals surface area contributed by atoms with Crippen molar-refractivity contribution in [3.05, 3.63) is 23.4 Å². The average Bonchev–Trinajstić information content (AvgIpc) is 2.38. The van der Waals surface area contributed by atoms with E-state index >= 15 is 0 Å². The minimum absolute atomic E-state index is 0.694. The van der Waals surface area contributed by atoms with Crippen LogP contribution in [0.1, 0.15) is 6.42 Å². The van der Waals surface area contributed by atoms with Gasteiger partial charge in [-0.15, -0.1) is 0 Å². The minimum Gasteiger partial charge on any atom is -0.301 e. The summed E-state index contributed by atoms with van der Waals surface area (Å²) in [5, 5.41) is 2.27. The summed E-state index contributed by atoms with van der Waals surface area (Å²) >= 11 is 0. The smallest absolute Gasteiger partial charge is 0.0657 e. The first-order valence-corrected chi connectivity index (χ1v) is 3.42. The van der Waals surface area contributed by atoms with Gasteiger partial charge in [0.1, 0.15) is 0 Å². The largest absolute Gasteiger partial charge is 0.301 e. The summed E-state index contributed by atoms with van der Waals surface area (Å²) in [5.41, 5.74) is 6.22. The molecule has 2 heteroatoms. The zero-order valence-corrected chi connectivity index (χ0v) is 5.09. The van der Waals surface area contributed by atoms with E-state index in [1.54, 1.807) is 0 Å². The summed E-state index contributed by atoms with van der Waals surface area (Å²) in [4.78, 5) is 0. The van der Waals surface area contributed by atoms with Gasteiger partial charge in [-0.1, -0.05) is 6.08 Å². The molecule has 3 aliphatic rings. The Morgan fingerprint density at radius 1 is 1.67 bits per heavy atom. The molecule has 2 heterocycles. The predicted molar refractivity (Wildman–Crippen MR) is 34.4 cm³/mol. The van der Waals surface area contributed by atoms with Crippen LogP contribution in [0.5, 0.6) is 0 Å². The molecule has 1 fully saturated rings. The third kappa shape index (κ3) is 0.368. The van der Waals surface area contributed by atoms with Crippen molar-refractivity contribution < 1.29 is 0 Å². The number of hydrogen-bond acceptors (Lipinski definition) is 2. The Balaban J connectivity index is 2.04. The molecule has 1 saturated heterocycles. The first-order valence-electron chi connectivity index (χ1n) is 3.42. The molecule has 1 aliphatic carbocycles. The highest BCUT2D eigenvalue weighted by Crippen LogP contribution is 2.40. The first-order chi connectivity index (χ1) is 4.45. The molecule has 9 heavy (non-hydrogen) atoms. The second-order valence-corrected chi connectivity index (χ2v) is 2.79. The van der Waals surface area contributed by atoms with Crippen LogP contribution in [0.4, 0.5) is 0 Å². The van der Waals surface area contributed by atoms with Crippen LogP contribution in [0.2, 0.25) is 0 Å². The van der Waals surface area contributed by atoms with E-state index < -0.39 is 0 Å². The maximum Gasteiger partial charge on any atom is 0.0657 e. The molecule has 46 valence electrons. The Labute approximate surface area is 53.8 Å². The van der Waals surface area contributed by atoms with Gasteiger partial charge in [0, 0.05) is 6.54 Å². The number of nitrogens with one attached hydrogen (secondary N) is 1. The number of rotatable bonds is 0. The number of hydrogen-bond donors (Lipinski definition) is 1. The van der Waals surface area contributed by atoms with Crippen LogP contribution in [-0.2, 0) is 0 Å². The maximum absolute atomic E-state index is 3.32. The summed E-state index contributed by atoms with van der Waals surface area (Å²) < 4.78 is 0. The average molecular weight is 120 g/mol. The predicted octanol–water partition coefficient (Wildman–Crippen LogP) is 0.403. The van der Waals surface area contributed by atoms with Crippen molar-refractivity contribution in [2.75, 3.05) is 6.54 Å². The Kier molecular flexibility index (Phi) is 0.489. The van der Waals surface area contributed by atoms with E-state index in [1.165, 1.54) is 17.7 Å². The van der Waals surface area contributed by atoms with Gasteiger partial charge >= 0.3 is 0 Å². The zero-order chi connectivity index (χ0) is 5.84. The van der Waals surface area contributed by atoms with Crippen molar-refractivity contribution >= 4 is 0 Å². The molecule has 2 nitrogen and oxygen atoms in total. The highest BCUT2D eigenvalue weighted by molar-refractivity contribution is 5.60. The molecular formula is C7H8N2. The SMILES string of the molecule is C1=C2C=C2N2NCCC12. The van der Waals surface area contributed by atoms with Gasteiger partial charge in [0.15, 0.2) is 0 Å². The molecule has 0 aromatic rings. The second kappa shape index (κ2) is 1.07. The minimum atomic E-state index is 0.694. The van der Waals surface area contributed by atoms with E-state index in [-0.39, 0.29) is 0 Å². The number of allylic oxidation sites excluding steroid dienone is 2. The number of hydrazine groups is 1. The lowest BCUT2D eigenvalue weighted by atomic mass is 10.2. The van der Waals surface area contributed by atoms with E-state index in [1.807, 2.05) is 0 Å². The van der Waals surface area contributed by atoms with Gasteiger partial charge in [0.2, 0.25) is 0 Å². The quantitative estimate of drug-likeness (QED) is 0.498. The van der Waals surface area contributed by atoms with Gasteiger partial charge in [0.25, 0.3) is 0 Å². The van der Waals surface area contributed by atoms with Crippen LogP contribution < -0.4 is 5.43 Å². The summed E-state index contributed by atoms with van der Waals surface area (Å²) in [5.74, 6) is 0. The zero-order valence-electron chi connectivity index (χ0n) is 5.09. The third-order valence-electron chi connectivity index (χ3n) is 2.19. The summed E-state index contributed by atoms with van der Waals surface area (Å²) in [6, 6.07) is 0.694.